The summed E-state index contributed by atoms with van der Waals surface area (Å²) in [6.07, 6.45) is 5.25. The number of nitrogens with zero attached hydrogens (tertiary/aromatic N) is 6. The molecule has 9 heteroatoms. The minimum absolute atomic E-state index is 0.0640. The lowest BCUT2D eigenvalue weighted by Crippen LogP contribution is -2.37. The molecule has 2 aliphatic heterocycles. The maximum Gasteiger partial charge on any atom is 0.228 e. The number of rotatable bonds is 3. The molecule has 2 aromatic rings. The summed E-state index contributed by atoms with van der Waals surface area (Å²) in [6.45, 7) is 4.29. The molecular formula is C18H23N7O2. The van der Waals surface area contributed by atoms with Gasteiger partial charge in [0.2, 0.25) is 11.9 Å². The van der Waals surface area contributed by atoms with Gasteiger partial charge in [-0.15, -0.1) is 0 Å². The van der Waals surface area contributed by atoms with Crippen molar-refractivity contribution in [3.05, 3.63) is 18.5 Å². The number of hydrogen-bond acceptors (Lipinski definition) is 9. The Balaban J connectivity index is 1.53. The molecule has 1 unspecified atom stereocenters. The Morgan fingerprint density at radius 3 is 2.52 bits per heavy atom. The zero-order chi connectivity index (χ0) is 18.4. The van der Waals surface area contributed by atoms with Crippen molar-refractivity contribution in [2.24, 2.45) is 5.41 Å². The summed E-state index contributed by atoms with van der Waals surface area (Å²) in [5, 5.41) is 10.4. The molecule has 27 heavy (non-hydrogen) atoms. The van der Waals surface area contributed by atoms with Crippen LogP contribution in [0.5, 0.6) is 0 Å². The minimum atomic E-state index is -0.289. The number of aromatic nitrogens is 4. The van der Waals surface area contributed by atoms with Crippen molar-refractivity contribution in [3.8, 4) is 11.3 Å². The Morgan fingerprint density at radius 2 is 1.85 bits per heavy atom. The molecule has 2 aromatic heterocycles. The Bertz CT molecular complexity index is 834. The largest absolute Gasteiger partial charge is 0.391 e. The molecule has 0 radical (unpaired) electrons. The number of anilines is 3. The standard InChI is InChI=1S/C18H23N7O2/c19-16-20-8-12(9-21-16)13-7-15(25-10-14(26)18(11-25)1-2-18)23-17(22-13)24-3-5-27-6-4-24/h7-9,14,26H,1-6,10-11H2,(H2,19,20,21). The predicted octanol–water partition coefficient (Wildman–Crippen LogP) is 0.313. The molecule has 3 fully saturated rings. The first-order chi connectivity index (χ1) is 13.1. The van der Waals surface area contributed by atoms with Gasteiger partial charge in [0, 0.05) is 55.6 Å². The Hall–Kier alpha value is -2.52. The monoisotopic (exact) mass is 369 g/mol. The van der Waals surface area contributed by atoms with Crippen molar-refractivity contribution in [3.63, 3.8) is 0 Å². The molecule has 1 atom stereocenters. The van der Waals surface area contributed by atoms with Gasteiger partial charge in [-0.2, -0.15) is 4.98 Å². The molecule has 5 rings (SSSR count). The van der Waals surface area contributed by atoms with Gasteiger partial charge >= 0.3 is 0 Å². The summed E-state index contributed by atoms with van der Waals surface area (Å²) in [6, 6.07) is 1.95. The molecule has 2 saturated heterocycles. The van der Waals surface area contributed by atoms with Crippen LogP contribution in [0.1, 0.15) is 12.8 Å². The van der Waals surface area contributed by atoms with E-state index in [4.69, 9.17) is 20.4 Å². The highest BCUT2D eigenvalue weighted by molar-refractivity contribution is 5.64. The zero-order valence-corrected chi connectivity index (χ0v) is 15.1. The Labute approximate surface area is 157 Å². The maximum atomic E-state index is 10.4. The van der Waals surface area contributed by atoms with Crippen LogP contribution in [0, 0.1) is 5.41 Å². The number of aliphatic hydroxyl groups excluding tert-OH is 1. The lowest BCUT2D eigenvalue weighted by Gasteiger charge is -2.28. The van der Waals surface area contributed by atoms with Gasteiger partial charge in [-0.3, -0.25) is 0 Å². The number of ether oxygens (including phenoxy) is 1. The van der Waals surface area contributed by atoms with E-state index in [0.29, 0.717) is 25.7 Å². The number of morpholine rings is 1. The molecule has 142 valence electrons. The van der Waals surface area contributed by atoms with Crippen LogP contribution in [0.4, 0.5) is 17.7 Å². The van der Waals surface area contributed by atoms with Crippen LogP contribution in [0.3, 0.4) is 0 Å². The van der Waals surface area contributed by atoms with E-state index in [1.807, 2.05) is 6.07 Å². The highest BCUT2D eigenvalue weighted by Gasteiger charge is 2.54. The Morgan fingerprint density at radius 1 is 1.11 bits per heavy atom. The van der Waals surface area contributed by atoms with Crippen LogP contribution in [-0.4, -0.2) is 70.5 Å². The summed E-state index contributed by atoms with van der Waals surface area (Å²) in [4.78, 5) is 22.0. The van der Waals surface area contributed by atoms with Gasteiger partial charge in [0.25, 0.3) is 0 Å². The van der Waals surface area contributed by atoms with Crippen LogP contribution in [0.25, 0.3) is 11.3 Å². The lowest BCUT2D eigenvalue weighted by molar-refractivity contribution is 0.122. The van der Waals surface area contributed by atoms with E-state index in [0.717, 1.165) is 49.6 Å². The van der Waals surface area contributed by atoms with E-state index in [2.05, 4.69) is 19.8 Å². The van der Waals surface area contributed by atoms with Gasteiger partial charge in [-0.25, -0.2) is 15.0 Å². The van der Waals surface area contributed by atoms with Crippen molar-refractivity contribution in [2.75, 3.05) is 54.9 Å². The quantitative estimate of drug-likeness (QED) is 0.789. The molecular weight excluding hydrogens is 346 g/mol. The third-order valence-electron chi connectivity index (χ3n) is 5.78. The summed E-state index contributed by atoms with van der Waals surface area (Å²) >= 11 is 0. The SMILES string of the molecule is Nc1ncc(-c2cc(N3CC(O)C4(CC4)C3)nc(N3CCOCC3)n2)cn1. The fourth-order valence-electron chi connectivity index (χ4n) is 3.89. The second kappa shape index (κ2) is 6.28. The van der Waals surface area contributed by atoms with Crippen LogP contribution >= 0.6 is 0 Å². The fourth-order valence-corrected chi connectivity index (χ4v) is 3.89. The van der Waals surface area contributed by atoms with Crippen LogP contribution in [-0.2, 0) is 4.74 Å². The molecule has 0 aromatic carbocycles. The first-order valence-corrected chi connectivity index (χ1v) is 9.36. The van der Waals surface area contributed by atoms with Crippen LogP contribution < -0.4 is 15.5 Å². The van der Waals surface area contributed by atoms with Gasteiger partial charge in [-0.1, -0.05) is 0 Å². The number of β-amino-alcohol motifs (C(OH)–C–C–N with tert-alkyl or cyclic N) is 1. The van der Waals surface area contributed by atoms with E-state index in [1.165, 1.54) is 0 Å². The van der Waals surface area contributed by atoms with Crippen LogP contribution in [0.15, 0.2) is 18.5 Å². The van der Waals surface area contributed by atoms with Crippen molar-refractivity contribution >= 4 is 17.7 Å². The number of nitrogens with two attached hydrogens (primary N) is 1. The average molecular weight is 369 g/mol. The smallest absolute Gasteiger partial charge is 0.228 e. The van der Waals surface area contributed by atoms with E-state index in [1.54, 1.807) is 12.4 Å². The normalized spacial score (nSPS) is 23.8. The van der Waals surface area contributed by atoms with Crippen molar-refractivity contribution in [1.29, 1.82) is 0 Å². The summed E-state index contributed by atoms with van der Waals surface area (Å²) in [5.41, 5.74) is 7.24. The van der Waals surface area contributed by atoms with Crippen LogP contribution in [0.2, 0.25) is 0 Å². The third kappa shape index (κ3) is 3.06. The topological polar surface area (TPSA) is 114 Å². The molecule has 4 heterocycles. The third-order valence-corrected chi connectivity index (χ3v) is 5.78. The number of nitrogen functional groups attached to an aromatic ring is 1. The van der Waals surface area contributed by atoms with Crippen molar-refractivity contribution in [2.45, 2.75) is 18.9 Å². The molecule has 0 bridgehead atoms. The van der Waals surface area contributed by atoms with Gasteiger partial charge in [-0.05, 0) is 12.8 Å². The molecule has 1 saturated carbocycles. The first-order valence-electron chi connectivity index (χ1n) is 9.36. The van der Waals surface area contributed by atoms with Gasteiger partial charge in [0.05, 0.1) is 25.0 Å². The minimum Gasteiger partial charge on any atom is -0.391 e. The average Bonchev–Trinajstić information content (AvgIpc) is 3.41. The molecule has 0 amide bonds. The van der Waals surface area contributed by atoms with E-state index in [-0.39, 0.29) is 17.5 Å². The number of hydrogen-bond donors (Lipinski definition) is 2. The first kappa shape index (κ1) is 16.6. The molecule has 9 nitrogen and oxygen atoms in total. The Kier molecular flexibility index (Phi) is 3.87. The highest BCUT2D eigenvalue weighted by atomic mass is 16.5. The van der Waals surface area contributed by atoms with Gasteiger partial charge < -0.3 is 25.4 Å². The van der Waals surface area contributed by atoms with E-state index < -0.39 is 0 Å². The fraction of sp³-hybridized carbons (Fsp3) is 0.556. The molecule has 3 aliphatic rings. The summed E-state index contributed by atoms with van der Waals surface area (Å²) < 4.78 is 5.45. The van der Waals surface area contributed by atoms with Gasteiger partial charge in [0.15, 0.2) is 0 Å². The molecule has 3 N–H and O–H groups in total. The molecule has 1 spiro atoms. The van der Waals surface area contributed by atoms with E-state index in [9.17, 15) is 5.11 Å². The molecule has 1 aliphatic carbocycles. The second-order valence-electron chi connectivity index (χ2n) is 7.60. The summed E-state index contributed by atoms with van der Waals surface area (Å²) in [7, 11) is 0. The highest BCUT2D eigenvalue weighted by Crippen LogP contribution is 2.53. The zero-order valence-electron chi connectivity index (χ0n) is 15.1. The number of aliphatic hydroxyl groups is 1. The maximum absolute atomic E-state index is 10.4. The van der Waals surface area contributed by atoms with Gasteiger partial charge in [0.1, 0.15) is 5.82 Å². The lowest BCUT2D eigenvalue weighted by atomic mass is 10.0. The van der Waals surface area contributed by atoms with Crippen molar-refractivity contribution < 1.29 is 9.84 Å². The summed E-state index contributed by atoms with van der Waals surface area (Å²) in [5.74, 6) is 1.75. The predicted molar refractivity (Wildman–Crippen MR) is 100 cm³/mol. The van der Waals surface area contributed by atoms with Crippen molar-refractivity contribution in [1.82, 2.24) is 19.9 Å². The van der Waals surface area contributed by atoms with E-state index >= 15 is 0 Å². The second-order valence-corrected chi connectivity index (χ2v) is 7.60.